The van der Waals surface area contributed by atoms with Crippen LogP contribution in [0.4, 0.5) is 0 Å². The van der Waals surface area contributed by atoms with Gasteiger partial charge in [-0.25, -0.2) is 0 Å². The number of aryl methyl sites for hydroxylation is 2. The number of hydrogen-bond acceptors (Lipinski definition) is 7. The average Bonchev–Trinajstić information content (AvgIpc) is 3.32. The number of phenolic OH excluding ortho intramolecular Hbond substituents is 1. The normalized spacial score (nSPS) is 25.5. The van der Waals surface area contributed by atoms with E-state index < -0.39 is 25.1 Å². The van der Waals surface area contributed by atoms with E-state index in [2.05, 4.69) is 29.2 Å². The third-order valence-electron chi connectivity index (χ3n) is 10.5. The van der Waals surface area contributed by atoms with Crippen molar-refractivity contribution in [1.29, 1.82) is 0 Å². The molecule has 3 heterocycles. The highest BCUT2D eigenvalue weighted by molar-refractivity contribution is 6.53. The van der Waals surface area contributed by atoms with E-state index in [-0.39, 0.29) is 36.1 Å². The van der Waals surface area contributed by atoms with Crippen LogP contribution in [-0.2, 0) is 20.8 Å². The maximum absolute atomic E-state index is 14.3. The maximum Gasteiger partial charge on any atom is 0.487 e. The fourth-order valence-corrected chi connectivity index (χ4v) is 8.18. The molecule has 4 atom stereocenters. The highest BCUT2D eigenvalue weighted by Gasteiger charge is 2.59. The van der Waals surface area contributed by atoms with E-state index in [1.54, 1.807) is 4.90 Å². The van der Waals surface area contributed by atoms with E-state index in [4.69, 9.17) is 9.39 Å². The van der Waals surface area contributed by atoms with Crippen LogP contribution >= 0.6 is 0 Å². The lowest BCUT2D eigenvalue weighted by molar-refractivity contribution is -0.144. The van der Waals surface area contributed by atoms with Crippen LogP contribution in [0, 0.1) is 31.6 Å². The van der Waals surface area contributed by atoms with Gasteiger partial charge in [-0.05, 0) is 103 Å². The van der Waals surface area contributed by atoms with Crippen molar-refractivity contribution in [2.75, 3.05) is 19.7 Å². The van der Waals surface area contributed by atoms with Crippen LogP contribution in [-0.4, -0.2) is 64.6 Å². The summed E-state index contributed by atoms with van der Waals surface area (Å²) in [5, 5.41) is 21.9. The molecular weight excluding hydrogens is 579 g/mol. The van der Waals surface area contributed by atoms with Gasteiger partial charge < -0.3 is 19.5 Å². The van der Waals surface area contributed by atoms with Gasteiger partial charge in [-0.3, -0.25) is 19.4 Å². The molecule has 0 saturated carbocycles. The van der Waals surface area contributed by atoms with Crippen LogP contribution in [0.1, 0.15) is 54.0 Å². The summed E-state index contributed by atoms with van der Waals surface area (Å²) in [5.74, 6) is -0.685. The molecule has 0 aromatic heterocycles. The number of carbonyl (C=O) groups is 2. The number of phenols is 1. The Morgan fingerprint density at radius 3 is 2.24 bits per heavy atom. The van der Waals surface area contributed by atoms with Crippen LogP contribution in [0.5, 0.6) is 11.5 Å². The van der Waals surface area contributed by atoms with Gasteiger partial charge in [0.1, 0.15) is 18.1 Å². The number of piperidine rings is 1. The molecule has 4 aliphatic rings. The summed E-state index contributed by atoms with van der Waals surface area (Å²) >= 11 is 0. The lowest BCUT2D eigenvalue weighted by Gasteiger charge is -2.42. The first kappa shape index (κ1) is 30.7. The minimum atomic E-state index is -1.23. The minimum absolute atomic E-state index is 0.0957. The van der Waals surface area contributed by atoms with Gasteiger partial charge in [0.05, 0.1) is 17.9 Å². The van der Waals surface area contributed by atoms with Crippen LogP contribution in [0.2, 0.25) is 0 Å². The zero-order valence-electron chi connectivity index (χ0n) is 26.5. The summed E-state index contributed by atoms with van der Waals surface area (Å²) in [6.07, 6.45) is 1.82. The number of ether oxygens (including phenoxy) is 1. The van der Waals surface area contributed by atoms with Crippen molar-refractivity contribution >= 4 is 18.9 Å². The summed E-state index contributed by atoms with van der Waals surface area (Å²) in [6, 6.07) is 23.5. The van der Waals surface area contributed by atoms with Crippen LogP contribution in [0.15, 0.2) is 83.8 Å². The van der Waals surface area contributed by atoms with Crippen molar-refractivity contribution in [3.05, 3.63) is 106 Å². The molecule has 3 saturated heterocycles. The van der Waals surface area contributed by atoms with E-state index in [1.807, 2.05) is 62.4 Å². The number of benzene rings is 3. The molecule has 9 heteroatoms. The van der Waals surface area contributed by atoms with Gasteiger partial charge in [-0.15, -0.1) is 0 Å². The number of aromatic hydroxyl groups is 1. The number of hydrogen-bond donors (Lipinski definition) is 2. The van der Waals surface area contributed by atoms with Gasteiger partial charge in [-0.2, -0.15) is 0 Å². The molecule has 3 aromatic carbocycles. The van der Waals surface area contributed by atoms with E-state index in [0.29, 0.717) is 24.1 Å². The summed E-state index contributed by atoms with van der Waals surface area (Å²) < 4.78 is 12.4. The standard InChI is InChI=1S/C37H41BN2O6/c1-23-17-26(18-24(2)35(23)41)32-20-30-33-31(19-27(34(30)38(44)46-32)22-45-29-11-7-4-8-12-29)36(42)40(37(33)43)28-13-15-39(16-14-28)21-25-9-5-3-6-10-25/h3-12,17-18,28,30-33,41,44H,13-16,19-22H2,1-2H3/t30-,31-,32-,33+/m0/s1. The van der Waals surface area contributed by atoms with E-state index in [9.17, 15) is 19.7 Å². The Morgan fingerprint density at radius 1 is 0.913 bits per heavy atom. The van der Waals surface area contributed by atoms with Crippen LogP contribution in [0.3, 0.4) is 0 Å². The van der Waals surface area contributed by atoms with Crippen molar-refractivity contribution < 1.29 is 29.1 Å². The Hall–Kier alpha value is -3.92. The molecule has 3 aliphatic heterocycles. The predicted molar refractivity (Wildman–Crippen MR) is 175 cm³/mol. The summed E-state index contributed by atoms with van der Waals surface area (Å²) in [4.78, 5) is 32.5. The molecule has 7 rings (SSSR count). The van der Waals surface area contributed by atoms with Crippen molar-refractivity contribution in [3.8, 4) is 11.5 Å². The molecule has 3 aromatic rings. The Morgan fingerprint density at radius 2 is 1.57 bits per heavy atom. The predicted octanol–water partition coefficient (Wildman–Crippen LogP) is 5.15. The van der Waals surface area contributed by atoms with Gasteiger partial charge >= 0.3 is 7.12 Å². The number of imide groups is 1. The quantitative estimate of drug-likeness (QED) is 0.279. The molecule has 3 fully saturated rings. The Bertz CT molecular complexity index is 1620. The average molecular weight is 621 g/mol. The first-order chi connectivity index (χ1) is 22.3. The monoisotopic (exact) mass is 620 g/mol. The Kier molecular flexibility index (Phi) is 8.49. The molecule has 0 bridgehead atoms. The number of allylic oxidation sites excluding steroid dienone is 1. The fraction of sp³-hybridized carbons (Fsp3) is 0.405. The second kappa shape index (κ2) is 12.7. The zero-order chi connectivity index (χ0) is 31.9. The summed E-state index contributed by atoms with van der Waals surface area (Å²) in [6.45, 7) is 6.40. The third kappa shape index (κ3) is 5.76. The minimum Gasteiger partial charge on any atom is -0.507 e. The molecule has 2 amide bonds. The molecule has 1 aliphatic carbocycles. The van der Waals surface area contributed by atoms with Crippen molar-refractivity contribution in [2.45, 2.75) is 58.2 Å². The molecule has 8 nitrogen and oxygen atoms in total. The summed E-state index contributed by atoms with van der Waals surface area (Å²) in [5.41, 5.74) is 5.07. The molecular formula is C37H41BN2O6. The van der Waals surface area contributed by atoms with Gasteiger partial charge in [0, 0.05) is 25.7 Å². The Labute approximate surface area is 270 Å². The van der Waals surface area contributed by atoms with Crippen LogP contribution < -0.4 is 4.74 Å². The van der Waals surface area contributed by atoms with E-state index in [1.165, 1.54) is 5.56 Å². The number of amides is 2. The first-order valence-electron chi connectivity index (χ1n) is 16.4. The largest absolute Gasteiger partial charge is 0.507 e. The molecule has 0 radical (unpaired) electrons. The molecule has 0 unspecified atom stereocenters. The summed E-state index contributed by atoms with van der Waals surface area (Å²) in [7, 11) is -1.23. The molecule has 0 spiro atoms. The maximum atomic E-state index is 14.3. The second-order valence-corrected chi connectivity index (χ2v) is 13.4. The fourth-order valence-electron chi connectivity index (χ4n) is 8.18. The number of para-hydroxylation sites is 1. The highest BCUT2D eigenvalue weighted by atomic mass is 16.5. The van der Waals surface area contributed by atoms with E-state index >= 15 is 0 Å². The number of fused-ring (bicyclic) bond motifs is 3. The lowest BCUT2D eigenvalue weighted by atomic mass is 9.55. The van der Waals surface area contributed by atoms with Gasteiger partial charge in [0.15, 0.2) is 0 Å². The molecule has 2 N–H and O–H groups in total. The smallest absolute Gasteiger partial charge is 0.487 e. The van der Waals surface area contributed by atoms with E-state index in [0.717, 1.165) is 54.7 Å². The topological polar surface area (TPSA) is 99.5 Å². The molecule has 46 heavy (non-hydrogen) atoms. The number of likely N-dealkylation sites (tertiary alicyclic amines) is 2. The van der Waals surface area contributed by atoms with Crippen molar-refractivity contribution in [1.82, 2.24) is 9.80 Å². The van der Waals surface area contributed by atoms with Crippen molar-refractivity contribution in [2.24, 2.45) is 17.8 Å². The highest BCUT2D eigenvalue weighted by Crippen LogP contribution is 2.52. The Balaban J connectivity index is 1.15. The lowest BCUT2D eigenvalue weighted by Crippen LogP contribution is -2.48. The van der Waals surface area contributed by atoms with Gasteiger partial charge in [-0.1, -0.05) is 48.5 Å². The zero-order valence-corrected chi connectivity index (χ0v) is 26.5. The first-order valence-corrected chi connectivity index (χ1v) is 16.4. The van der Waals surface area contributed by atoms with Crippen molar-refractivity contribution in [3.63, 3.8) is 0 Å². The van der Waals surface area contributed by atoms with Gasteiger partial charge in [0.25, 0.3) is 0 Å². The second-order valence-electron chi connectivity index (χ2n) is 13.4. The van der Waals surface area contributed by atoms with Crippen LogP contribution in [0.25, 0.3) is 0 Å². The third-order valence-corrected chi connectivity index (χ3v) is 10.5. The number of nitrogens with zero attached hydrogens (tertiary/aromatic N) is 2. The number of carbonyl (C=O) groups excluding carboxylic acids is 2. The SMILES string of the molecule is Cc1cc([C@@H]2C[C@@H]3C(=C(COc4ccccc4)C[C@@H]4C(=O)N(C5CCN(Cc6ccccc6)CC5)C(=O)[C@@H]43)B(O)O2)cc(C)c1O. The molecule has 238 valence electrons. The van der Waals surface area contributed by atoms with Gasteiger partial charge in [0.2, 0.25) is 11.8 Å². The number of rotatable bonds is 7.